The van der Waals surface area contributed by atoms with Crippen LogP contribution in [-0.2, 0) is 16.2 Å². The monoisotopic (exact) mass is 337 g/mol. The van der Waals surface area contributed by atoms with Crippen molar-refractivity contribution in [3.8, 4) is 6.07 Å². The summed E-state index contributed by atoms with van der Waals surface area (Å²) in [5, 5.41) is 9.48. The van der Waals surface area contributed by atoms with Crippen LogP contribution in [0.4, 0.5) is 0 Å². The summed E-state index contributed by atoms with van der Waals surface area (Å²) in [5.41, 5.74) is 2.69. The van der Waals surface area contributed by atoms with Crippen molar-refractivity contribution in [3.63, 3.8) is 0 Å². The standard InChI is InChI=1S/C19H15NO3S/c20-10-11-22-19(21)18-16(15-8-4-5-9-17(15)23-18)13-24-12-14-6-2-1-3-7-14/h1-9H,11-13H2. The zero-order chi connectivity index (χ0) is 16.8. The fraction of sp³-hybridized carbons (Fsp3) is 0.158. The molecule has 0 amide bonds. The van der Waals surface area contributed by atoms with Crippen molar-refractivity contribution >= 4 is 28.7 Å². The van der Waals surface area contributed by atoms with Gasteiger partial charge in [0, 0.05) is 22.5 Å². The van der Waals surface area contributed by atoms with Gasteiger partial charge in [0.05, 0.1) is 0 Å². The lowest BCUT2D eigenvalue weighted by atomic mass is 10.1. The fourth-order valence-electron chi connectivity index (χ4n) is 2.42. The molecular weight excluding hydrogens is 322 g/mol. The molecule has 24 heavy (non-hydrogen) atoms. The molecule has 0 N–H and O–H groups in total. The number of furan rings is 1. The van der Waals surface area contributed by atoms with Crippen molar-refractivity contribution in [2.45, 2.75) is 11.5 Å². The summed E-state index contributed by atoms with van der Waals surface area (Å²) in [6, 6.07) is 19.5. The zero-order valence-corrected chi connectivity index (χ0v) is 13.7. The number of hydrogen-bond donors (Lipinski definition) is 0. The molecule has 0 fully saturated rings. The number of carbonyl (C=O) groups is 1. The fourth-order valence-corrected chi connectivity index (χ4v) is 3.44. The topological polar surface area (TPSA) is 63.2 Å². The molecule has 0 atom stereocenters. The van der Waals surface area contributed by atoms with Crippen molar-refractivity contribution in [2.24, 2.45) is 0 Å². The molecular formula is C19H15NO3S. The maximum absolute atomic E-state index is 12.2. The maximum Gasteiger partial charge on any atom is 0.375 e. The number of benzene rings is 2. The van der Waals surface area contributed by atoms with Crippen LogP contribution in [0.1, 0.15) is 21.7 Å². The molecule has 1 aromatic heterocycles. The number of nitriles is 1. The molecule has 1 heterocycles. The summed E-state index contributed by atoms with van der Waals surface area (Å²) in [4.78, 5) is 12.2. The lowest BCUT2D eigenvalue weighted by molar-refractivity contribution is 0.0520. The van der Waals surface area contributed by atoms with Gasteiger partial charge in [-0.3, -0.25) is 0 Å². The van der Waals surface area contributed by atoms with Gasteiger partial charge >= 0.3 is 5.97 Å². The van der Waals surface area contributed by atoms with E-state index in [-0.39, 0.29) is 12.4 Å². The van der Waals surface area contributed by atoms with Crippen LogP contribution in [0.15, 0.2) is 59.0 Å². The number of nitrogens with zero attached hydrogens (tertiary/aromatic N) is 1. The summed E-state index contributed by atoms with van der Waals surface area (Å²) < 4.78 is 10.6. The van der Waals surface area contributed by atoms with Crippen molar-refractivity contribution in [3.05, 3.63) is 71.5 Å². The van der Waals surface area contributed by atoms with Crippen LogP contribution in [0.25, 0.3) is 11.0 Å². The van der Waals surface area contributed by atoms with E-state index in [1.807, 2.05) is 42.5 Å². The molecule has 3 aromatic rings. The Kier molecular flexibility index (Phi) is 5.19. The van der Waals surface area contributed by atoms with E-state index in [1.54, 1.807) is 17.8 Å². The smallest absolute Gasteiger partial charge is 0.375 e. The minimum Gasteiger partial charge on any atom is -0.449 e. The van der Waals surface area contributed by atoms with Crippen LogP contribution in [0.3, 0.4) is 0 Å². The average molecular weight is 337 g/mol. The predicted octanol–water partition coefficient (Wildman–Crippen LogP) is 4.55. The van der Waals surface area contributed by atoms with Gasteiger partial charge in [0.15, 0.2) is 6.61 Å². The first-order chi connectivity index (χ1) is 11.8. The van der Waals surface area contributed by atoms with Crippen LogP contribution in [0.5, 0.6) is 0 Å². The van der Waals surface area contributed by atoms with E-state index in [4.69, 9.17) is 14.4 Å². The van der Waals surface area contributed by atoms with Crippen LogP contribution >= 0.6 is 11.8 Å². The Hall–Kier alpha value is -2.71. The summed E-state index contributed by atoms with van der Waals surface area (Å²) in [5.74, 6) is 1.06. The van der Waals surface area contributed by atoms with Gasteiger partial charge in [-0.25, -0.2) is 4.79 Å². The largest absolute Gasteiger partial charge is 0.449 e. The third-order valence-electron chi connectivity index (χ3n) is 3.51. The summed E-state index contributed by atoms with van der Waals surface area (Å²) in [7, 11) is 0. The number of esters is 1. The van der Waals surface area contributed by atoms with E-state index in [9.17, 15) is 4.79 Å². The van der Waals surface area contributed by atoms with Crippen LogP contribution in [-0.4, -0.2) is 12.6 Å². The van der Waals surface area contributed by atoms with Gasteiger partial charge in [-0.05, 0) is 11.6 Å². The quantitative estimate of drug-likeness (QED) is 0.618. The minimum atomic E-state index is -0.594. The third-order valence-corrected chi connectivity index (χ3v) is 4.54. The summed E-state index contributed by atoms with van der Waals surface area (Å²) >= 11 is 1.70. The van der Waals surface area contributed by atoms with E-state index in [0.717, 1.165) is 16.7 Å². The summed E-state index contributed by atoms with van der Waals surface area (Å²) in [6.07, 6.45) is 0. The lowest BCUT2D eigenvalue weighted by Crippen LogP contribution is -2.06. The van der Waals surface area contributed by atoms with E-state index in [0.29, 0.717) is 11.3 Å². The van der Waals surface area contributed by atoms with Gasteiger partial charge in [-0.15, -0.1) is 0 Å². The number of para-hydroxylation sites is 1. The van der Waals surface area contributed by atoms with Crippen molar-refractivity contribution in [1.82, 2.24) is 0 Å². The predicted molar refractivity (Wildman–Crippen MR) is 93.6 cm³/mol. The normalized spacial score (nSPS) is 10.5. The Bertz CT molecular complexity index is 881. The highest BCUT2D eigenvalue weighted by Gasteiger charge is 2.21. The van der Waals surface area contributed by atoms with Crippen LogP contribution < -0.4 is 0 Å². The number of thioether (sulfide) groups is 1. The Labute approximate surface area is 144 Å². The molecule has 0 aliphatic heterocycles. The maximum atomic E-state index is 12.2. The molecule has 0 radical (unpaired) electrons. The van der Waals surface area contributed by atoms with Crippen molar-refractivity contribution in [2.75, 3.05) is 6.61 Å². The molecule has 5 heteroatoms. The molecule has 0 aliphatic carbocycles. The number of carbonyl (C=O) groups excluding carboxylic acids is 1. The molecule has 0 spiro atoms. The van der Waals surface area contributed by atoms with E-state index < -0.39 is 5.97 Å². The van der Waals surface area contributed by atoms with E-state index >= 15 is 0 Å². The van der Waals surface area contributed by atoms with Crippen molar-refractivity contribution in [1.29, 1.82) is 5.26 Å². The molecule has 3 rings (SSSR count). The number of rotatable bonds is 6. The van der Waals surface area contributed by atoms with Gasteiger partial charge in [0.2, 0.25) is 5.76 Å². The number of hydrogen-bond acceptors (Lipinski definition) is 5. The molecule has 4 nitrogen and oxygen atoms in total. The molecule has 2 aromatic carbocycles. The van der Waals surface area contributed by atoms with Crippen LogP contribution in [0.2, 0.25) is 0 Å². The Morgan fingerprint density at radius 1 is 1.08 bits per heavy atom. The Morgan fingerprint density at radius 3 is 2.62 bits per heavy atom. The number of ether oxygens (including phenoxy) is 1. The van der Waals surface area contributed by atoms with Gasteiger partial charge in [0.25, 0.3) is 0 Å². The summed E-state index contributed by atoms with van der Waals surface area (Å²) in [6.45, 7) is -0.285. The second kappa shape index (κ2) is 7.71. The van der Waals surface area contributed by atoms with Gasteiger partial charge in [-0.2, -0.15) is 17.0 Å². The second-order valence-corrected chi connectivity index (χ2v) is 6.10. The highest BCUT2D eigenvalue weighted by molar-refractivity contribution is 7.97. The molecule has 0 unspecified atom stereocenters. The lowest BCUT2D eigenvalue weighted by Gasteiger charge is -2.03. The highest BCUT2D eigenvalue weighted by atomic mass is 32.2. The first-order valence-electron chi connectivity index (χ1n) is 7.45. The van der Waals surface area contributed by atoms with Gasteiger partial charge in [-0.1, -0.05) is 48.5 Å². The Balaban J connectivity index is 1.82. The molecule has 0 saturated carbocycles. The molecule has 0 saturated heterocycles. The Morgan fingerprint density at radius 2 is 1.83 bits per heavy atom. The average Bonchev–Trinajstić information content (AvgIpc) is 2.99. The molecule has 0 aliphatic rings. The van der Waals surface area contributed by atoms with Crippen molar-refractivity contribution < 1.29 is 13.9 Å². The SMILES string of the molecule is N#CCOC(=O)c1oc2ccccc2c1CSCc1ccccc1. The zero-order valence-electron chi connectivity index (χ0n) is 12.9. The van der Waals surface area contributed by atoms with E-state index in [1.165, 1.54) is 5.56 Å². The molecule has 120 valence electrons. The highest BCUT2D eigenvalue weighted by Crippen LogP contribution is 2.30. The third kappa shape index (κ3) is 3.61. The minimum absolute atomic E-state index is 0.187. The number of fused-ring (bicyclic) bond motifs is 1. The van der Waals surface area contributed by atoms with Gasteiger partial charge < -0.3 is 9.15 Å². The van der Waals surface area contributed by atoms with E-state index in [2.05, 4.69) is 12.1 Å². The first-order valence-corrected chi connectivity index (χ1v) is 8.61. The van der Waals surface area contributed by atoms with Crippen LogP contribution in [0, 0.1) is 11.3 Å². The first kappa shape index (κ1) is 16.2. The molecule has 0 bridgehead atoms. The second-order valence-electron chi connectivity index (χ2n) is 5.12. The van der Waals surface area contributed by atoms with Gasteiger partial charge in [0.1, 0.15) is 11.7 Å².